The fraction of sp³-hybridized carbons (Fsp3) is 0.300. The maximum absolute atomic E-state index is 13.1. The monoisotopic (exact) mass is 566 g/mol. The van der Waals surface area contributed by atoms with Gasteiger partial charge in [-0.1, -0.05) is 37.2 Å². The maximum Gasteiger partial charge on any atom is 0.573 e. The first kappa shape index (κ1) is 26.7. The number of nitrogens with zero attached hydrogens (tertiary/aromatic N) is 2. The van der Waals surface area contributed by atoms with Gasteiger partial charge in [0.05, 0.1) is 16.8 Å². The van der Waals surface area contributed by atoms with Crippen molar-refractivity contribution in [2.75, 3.05) is 0 Å². The van der Waals surface area contributed by atoms with Crippen LogP contribution < -0.4 is 14.2 Å². The topological polar surface area (TPSA) is 104 Å². The molecule has 4 aromatic rings. The molecule has 212 valence electrons. The number of alkyl halides is 3. The predicted octanol–water partition coefficient (Wildman–Crippen LogP) is 7.42. The van der Waals surface area contributed by atoms with Crippen LogP contribution in [0, 0.1) is 0 Å². The van der Waals surface area contributed by atoms with Crippen molar-refractivity contribution in [1.29, 1.82) is 0 Å². The van der Waals surface area contributed by atoms with Crippen LogP contribution >= 0.6 is 0 Å². The number of hydrogen-bond acceptors (Lipinski definition) is 7. The van der Waals surface area contributed by atoms with E-state index in [-0.39, 0.29) is 41.0 Å². The summed E-state index contributed by atoms with van der Waals surface area (Å²) >= 11 is 0. The molecule has 1 aliphatic heterocycles. The number of carboxylic acid groups (broad SMARTS) is 1. The zero-order chi connectivity index (χ0) is 28.9. The third-order valence-corrected chi connectivity index (χ3v) is 7.14. The van der Waals surface area contributed by atoms with Gasteiger partial charge in [0.15, 0.2) is 0 Å². The fourth-order valence-corrected chi connectivity index (χ4v) is 5.04. The number of fused-ring (bicyclic) bond motifs is 2. The average molecular weight is 567 g/mol. The molecule has 0 saturated heterocycles. The minimum Gasteiger partial charge on any atom is -0.478 e. The molecule has 0 amide bonds. The Hall–Kier alpha value is -4.54. The summed E-state index contributed by atoms with van der Waals surface area (Å²) in [6, 6.07) is 13.9. The first-order valence-electron chi connectivity index (χ1n) is 13.0. The van der Waals surface area contributed by atoms with Gasteiger partial charge in [0, 0.05) is 23.0 Å². The highest BCUT2D eigenvalue weighted by Gasteiger charge is 2.36. The van der Waals surface area contributed by atoms with Crippen LogP contribution in [0.4, 0.5) is 13.2 Å². The number of rotatable bonds is 7. The number of pyridine rings is 1. The molecule has 0 atom stereocenters. The van der Waals surface area contributed by atoms with E-state index in [0.29, 0.717) is 34.9 Å². The molecular formula is C30H25F3N2O6. The van der Waals surface area contributed by atoms with Gasteiger partial charge in [-0.3, -0.25) is 0 Å². The van der Waals surface area contributed by atoms with Crippen molar-refractivity contribution in [2.24, 2.45) is 0 Å². The van der Waals surface area contributed by atoms with Gasteiger partial charge in [-0.25, -0.2) is 9.78 Å². The predicted molar refractivity (Wildman–Crippen MR) is 139 cm³/mol. The van der Waals surface area contributed by atoms with Gasteiger partial charge in [-0.15, -0.1) is 13.2 Å². The molecular weight excluding hydrogens is 541 g/mol. The van der Waals surface area contributed by atoms with Crippen LogP contribution in [0.15, 0.2) is 59.1 Å². The molecule has 1 N–H and O–H groups in total. The molecule has 41 heavy (non-hydrogen) atoms. The minimum atomic E-state index is -4.87. The summed E-state index contributed by atoms with van der Waals surface area (Å²) in [5.74, 6) is 0.475. The Kier molecular flexibility index (Phi) is 6.39. The van der Waals surface area contributed by atoms with E-state index in [1.807, 2.05) is 13.8 Å². The van der Waals surface area contributed by atoms with E-state index in [4.69, 9.17) is 19.0 Å². The molecule has 1 saturated carbocycles. The van der Waals surface area contributed by atoms with E-state index in [2.05, 4.69) is 9.89 Å². The van der Waals surface area contributed by atoms with Crippen molar-refractivity contribution >= 4 is 5.97 Å². The SMILES string of the molecule is CC1(C)Cc2ccc(C(=O)O)cc2Oc2ccc(OCc3c(-c4ccccc4OC(F)(F)F)noc3C3CC3)nc21. The van der Waals surface area contributed by atoms with Crippen molar-refractivity contribution in [3.63, 3.8) is 0 Å². The number of para-hydroxylation sites is 1. The van der Waals surface area contributed by atoms with Crippen LogP contribution in [0.3, 0.4) is 0 Å². The van der Waals surface area contributed by atoms with Crippen molar-refractivity contribution in [3.05, 3.63) is 82.7 Å². The molecule has 0 spiro atoms. The number of benzene rings is 2. The molecule has 6 rings (SSSR count). The lowest BCUT2D eigenvalue weighted by molar-refractivity contribution is -0.274. The Morgan fingerprint density at radius 2 is 1.88 bits per heavy atom. The van der Waals surface area contributed by atoms with E-state index >= 15 is 0 Å². The summed E-state index contributed by atoms with van der Waals surface area (Å²) in [4.78, 5) is 16.2. The summed E-state index contributed by atoms with van der Waals surface area (Å²) in [6.07, 6.45) is -2.56. The van der Waals surface area contributed by atoms with E-state index in [0.717, 1.165) is 18.4 Å². The first-order valence-corrected chi connectivity index (χ1v) is 13.0. The molecule has 2 aromatic carbocycles. The number of aromatic nitrogens is 2. The number of aromatic carboxylic acids is 1. The van der Waals surface area contributed by atoms with Gasteiger partial charge >= 0.3 is 12.3 Å². The van der Waals surface area contributed by atoms with Gasteiger partial charge in [0.2, 0.25) is 5.88 Å². The molecule has 8 nitrogen and oxygen atoms in total. The summed E-state index contributed by atoms with van der Waals surface area (Å²) in [7, 11) is 0. The Morgan fingerprint density at radius 1 is 1.10 bits per heavy atom. The number of carbonyl (C=O) groups is 1. The zero-order valence-electron chi connectivity index (χ0n) is 22.1. The molecule has 0 radical (unpaired) electrons. The Labute approximate surface area is 232 Å². The molecule has 1 aliphatic carbocycles. The molecule has 0 bridgehead atoms. The van der Waals surface area contributed by atoms with Crippen LogP contribution in [-0.2, 0) is 18.4 Å². The molecule has 2 aliphatic rings. The van der Waals surface area contributed by atoms with Crippen molar-refractivity contribution in [3.8, 4) is 34.4 Å². The number of hydrogen-bond donors (Lipinski definition) is 1. The van der Waals surface area contributed by atoms with Gasteiger partial charge in [-0.05, 0) is 55.2 Å². The maximum atomic E-state index is 13.1. The lowest BCUT2D eigenvalue weighted by atomic mass is 9.82. The van der Waals surface area contributed by atoms with E-state index < -0.39 is 17.7 Å². The molecule has 11 heteroatoms. The van der Waals surface area contributed by atoms with Crippen molar-refractivity contribution in [1.82, 2.24) is 10.1 Å². The Bertz CT molecular complexity index is 1640. The van der Waals surface area contributed by atoms with Crippen LogP contribution in [-0.4, -0.2) is 27.6 Å². The van der Waals surface area contributed by atoms with E-state index in [1.165, 1.54) is 24.3 Å². The number of carboxylic acids is 1. The van der Waals surface area contributed by atoms with Crippen LogP contribution in [0.5, 0.6) is 23.1 Å². The largest absolute Gasteiger partial charge is 0.573 e. The van der Waals surface area contributed by atoms with Crippen LogP contribution in [0.25, 0.3) is 11.3 Å². The zero-order valence-corrected chi connectivity index (χ0v) is 22.1. The summed E-state index contributed by atoms with van der Waals surface area (Å²) in [5, 5.41) is 13.5. The number of halogens is 3. The van der Waals surface area contributed by atoms with Crippen molar-refractivity contribution < 1.29 is 41.8 Å². The van der Waals surface area contributed by atoms with Gasteiger partial charge < -0.3 is 23.8 Å². The second kappa shape index (κ2) is 9.83. The molecule has 2 aromatic heterocycles. The average Bonchev–Trinajstić information content (AvgIpc) is 3.68. The molecule has 1 fully saturated rings. The lowest BCUT2D eigenvalue weighted by Crippen LogP contribution is -2.21. The normalized spacial score (nSPS) is 15.7. The number of ether oxygens (including phenoxy) is 3. The highest BCUT2D eigenvalue weighted by molar-refractivity contribution is 5.88. The summed E-state index contributed by atoms with van der Waals surface area (Å²) in [6.45, 7) is 3.97. The quantitative estimate of drug-likeness (QED) is 0.247. The third-order valence-electron chi connectivity index (χ3n) is 7.14. The second-order valence-corrected chi connectivity index (χ2v) is 10.8. The third kappa shape index (κ3) is 5.44. The van der Waals surface area contributed by atoms with E-state index in [1.54, 1.807) is 30.3 Å². The standard InChI is InChI=1S/C30H25F3N2O6/c1-29(2)14-18-10-9-17(28(36)37)13-23(18)39-22-11-12-24(34-27(22)29)38-15-20-25(35-41-26(20)16-7-8-16)19-5-3-4-6-21(19)40-30(31,32)33/h3-6,9-13,16H,7-8,14-15H2,1-2H3,(H,36,37). The fourth-order valence-electron chi connectivity index (χ4n) is 5.04. The smallest absolute Gasteiger partial charge is 0.478 e. The van der Waals surface area contributed by atoms with Gasteiger partial charge in [0.1, 0.15) is 35.3 Å². The summed E-state index contributed by atoms with van der Waals surface area (Å²) < 4.78 is 61.3. The van der Waals surface area contributed by atoms with Gasteiger partial charge in [0.25, 0.3) is 0 Å². The van der Waals surface area contributed by atoms with Crippen LogP contribution in [0.2, 0.25) is 0 Å². The molecule has 3 heterocycles. The van der Waals surface area contributed by atoms with Crippen LogP contribution in [0.1, 0.15) is 65.5 Å². The minimum absolute atomic E-state index is 0.0414. The first-order chi connectivity index (χ1) is 19.5. The Balaban J connectivity index is 1.31. The van der Waals surface area contributed by atoms with E-state index in [9.17, 15) is 23.1 Å². The second-order valence-electron chi connectivity index (χ2n) is 10.8. The Morgan fingerprint density at radius 3 is 2.61 bits per heavy atom. The highest BCUT2D eigenvalue weighted by atomic mass is 19.4. The summed E-state index contributed by atoms with van der Waals surface area (Å²) in [5.41, 5.74) is 2.00. The van der Waals surface area contributed by atoms with Gasteiger partial charge in [-0.2, -0.15) is 0 Å². The molecule has 0 unspecified atom stereocenters. The lowest BCUT2D eigenvalue weighted by Gasteiger charge is -2.23. The van der Waals surface area contributed by atoms with Crippen molar-refractivity contribution in [2.45, 2.75) is 57.4 Å². The highest BCUT2D eigenvalue weighted by Crippen LogP contribution is 2.46.